The van der Waals surface area contributed by atoms with Crippen LogP contribution in [0.25, 0.3) is 0 Å². The van der Waals surface area contributed by atoms with Gasteiger partial charge in [-0.05, 0) is 41.0 Å². The van der Waals surface area contributed by atoms with Crippen molar-refractivity contribution in [3.05, 3.63) is 0 Å². The zero-order valence-electron chi connectivity index (χ0n) is 14.1. The molecule has 6 nitrogen and oxygen atoms in total. The largest absolute Gasteiger partial charge is 0.458 e. The topological polar surface area (TPSA) is 75.7 Å². The van der Waals surface area contributed by atoms with Crippen molar-refractivity contribution in [1.82, 2.24) is 10.2 Å². The molecule has 21 heavy (non-hydrogen) atoms. The maximum Gasteiger partial charge on any atom is 0.329 e. The lowest BCUT2D eigenvalue weighted by Crippen LogP contribution is -2.54. The van der Waals surface area contributed by atoms with E-state index in [-0.39, 0.29) is 12.5 Å². The molecule has 0 aliphatic carbocycles. The lowest BCUT2D eigenvalue weighted by Gasteiger charge is -2.29. The predicted octanol–water partition coefficient (Wildman–Crippen LogP) is 2.46. The van der Waals surface area contributed by atoms with Crippen LogP contribution in [0.4, 0.5) is 4.79 Å². The number of hydrogen-bond donors (Lipinski definition) is 1. The van der Waals surface area contributed by atoms with Gasteiger partial charge in [-0.1, -0.05) is 13.8 Å². The lowest BCUT2D eigenvalue weighted by molar-refractivity contribution is -0.162. The van der Waals surface area contributed by atoms with E-state index >= 15 is 0 Å². The van der Waals surface area contributed by atoms with Crippen molar-refractivity contribution in [1.29, 1.82) is 0 Å². The fourth-order valence-corrected chi connectivity index (χ4v) is 1.55. The summed E-state index contributed by atoms with van der Waals surface area (Å²) in [5, 5.41) is 2.70. The predicted molar refractivity (Wildman–Crippen MR) is 80.7 cm³/mol. The minimum atomic E-state index is -0.958. The van der Waals surface area contributed by atoms with Gasteiger partial charge in [-0.15, -0.1) is 0 Å². The number of ether oxygens (including phenoxy) is 1. The smallest absolute Gasteiger partial charge is 0.329 e. The molecule has 122 valence electrons. The fraction of sp³-hybridized carbons (Fsp3) is 0.800. The number of nitrogens with zero attached hydrogens (tertiary/aromatic N) is 1. The Bertz CT molecular complexity index is 388. The molecule has 0 aliphatic rings. The van der Waals surface area contributed by atoms with Crippen molar-refractivity contribution in [3.63, 3.8) is 0 Å². The Balaban J connectivity index is 5.10. The van der Waals surface area contributed by atoms with Crippen LogP contribution in [0.1, 0.15) is 61.3 Å². The molecule has 2 unspecified atom stereocenters. The molecule has 0 spiro atoms. The van der Waals surface area contributed by atoms with Crippen LogP contribution >= 0.6 is 0 Å². The first-order valence-corrected chi connectivity index (χ1v) is 7.38. The summed E-state index contributed by atoms with van der Waals surface area (Å²) in [4.78, 5) is 37.2. The highest BCUT2D eigenvalue weighted by molar-refractivity contribution is 5.98. The van der Waals surface area contributed by atoms with Crippen molar-refractivity contribution in [2.75, 3.05) is 0 Å². The average molecular weight is 300 g/mol. The first-order chi connectivity index (χ1) is 9.53. The molecule has 2 atom stereocenters. The normalized spacial score (nSPS) is 14.0. The molecule has 0 aliphatic heterocycles. The Morgan fingerprint density at radius 1 is 1.14 bits per heavy atom. The number of amides is 3. The second kappa shape index (κ2) is 8.00. The molecular weight excluding hydrogens is 272 g/mol. The fourth-order valence-electron chi connectivity index (χ4n) is 1.55. The van der Waals surface area contributed by atoms with Gasteiger partial charge in [0.1, 0.15) is 11.6 Å². The van der Waals surface area contributed by atoms with Crippen molar-refractivity contribution in [2.24, 2.45) is 0 Å². The van der Waals surface area contributed by atoms with Gasteiger partial charge < -0.3 is 10.1 Å². The molecular formula is C15H28N2O4. The van der Waals surface area contributed by atoms with Gasteiger partial charge in [-0.2, -0.15) is 0 Å². The van der Waals surface area contributed by atoms with E-state index < -0.39 is 29.6 Å². The van der Waals surface area contributed by atoms with Crippen LogP contribution in [0.2, 0.25) is 0 Å². The van der Waals surface area contributed by atoms with Gasteiger partial charge in [-0.3, -0.25) is 9.69 Å². The number of hydrogen-bond acceptors (Lipinski definition) is 4. The highest BCUT2D eigenvalue weighted by Crippen LogP contribution is 2.13. The van der Waals surface area contributed by atoms with Gasteiger partial charge >= 0.3 is 12.0 Å². The van der Waals surface area contributed by atoms with E-state index in [1.54, 1.807) is 27.7 Å². The number of carbonyl (C=O) groups is 3. The quantitative estimate of drug-likeness (QED) is 0.791. The summed E-state index contributed by atoms with van der Waals surface area (Å²) in [6.45, 7) is 12.1. The molecule has 0 radical (unpaired) electrons. The van der Waals surface area contributed by atoms with Crippen molar-refractivity contribution in [3.8, 4) is 0 Å². The minimum absolute atomic E-state index is 0.0736. The number of nitrogens with one attached hydrogen (secondary N) is 1. The van der Waals surface area contributed by atoms with Gasteiger partial charge in [0, 0.05) is 12.5 Å². The molecule has 0 aromatic rings. The molecule has 0 rings (SSSR count). The van der Waals surface area contributed by atoms with Gasteiger partial charge in [0.2, 0.25) is 5.91 Å². The molecule has 0 heterocycles. The number of esters is 1. The maximum atomic E-state index is 12.2. The summed E-state index contributed by atoms with van der Waals surface area (Å²) in [6.07, 6.45) is 0.877. The van der Waals surface area contributed by atoms with Gasteiger partial charge in [0.25, 0.3) is 0 Å². The summed E-state index contributed by atoms with van der Waals surface area (Å²) < 4.78 is 5.24. The van der Waals surface area contributed by atoms with Crippen LogP contribution in [-0.2, 0) is 14.3 Å². The third kappa shape index (κ3) is 6.60. The monoisotopic (exact) mass is 300 g/mol. The van der Waals surface area contributed by atoms with Crippen LogP contribution in [0, 0.1) is 0 Å². The first-order valence-electron chi connectivity index (χ1n) is 7.38. The molecule has 0 saturated heterocycles. The maximum absolute atomic E-state index is 12.2. The Labute approximate surface area is 127 Å². The van der Waals surface area contributed by atoms with Crippen LogP contribution in [-0.4, -0.2) is 40.5 Å². The van der Waals surface area contributed by atoms with E-state index in [1.807, 2.05) is 13.8 Å². The number of carbonyl (C=O) groups excluding carboxylic acids is 3. The van der Waals surface area contributed by atoms with Crippen molar-refractivity contribution >= 4 is 17.9 Å². The first kappa shape index (κ1) is 19.4. The standard InChI is InChI=1S/C15H28N2O4/c1-8-10(3)16-14(20)17(12(18)9-2)11(4)13(19)21-15(5,6)7/h10-11H,8-9H2,1-7H3,(H,16,20). The molecule has 0 bridgehead atoms. The Morgan fingerprint density at radius 3 is 2.05 bits per heavy atom. The SMILES string of the molecule is CCC(=O)N(C(=O)NC(C)CC)C(C)C(=O)OC(C)(C)C. The molecule has 3 amide bonds. The second-order valence-corrected chi connectivity index (χ2v) is 6.09. The molecule has 0 fully saturated rings. The zero-order valence-corrected chi connectivity index (χ0v) is 14.1. The Kier molecular flexibility index (Phi) is 7.39. The Hall–Kier alpha value is -1.59. The summed E-state index contributed by atoms with van der Waals surface area (Å²) in [5.74, 6) is -1.00. The Morgan fingerprint density at radius 2 is 1.67 bits per heavy atom. The minimum Gasteiger partial charge on any atom is -0.458 e. The molecule has 0 aromatic heterocycles. The zero-order chi connectivity index (χ0) is 16.8. The number of imide groups is 1. The van der Waals surface area contributed by atoms with Crippen LogP contribution in [0.5, 0.6) is 0 Å². The number of urea groups is 1. The van der Waals surface area contributed by atoms with E-state index in [0.29, 0.717) is 0 Å². The molecule has 6 heteroatoms. The molecule has 0 saturated carbocycles. The van der Waals surface area contributed by atoms with Crippen LogP contribution in [0.3, 0.4) is 0 Å². The van der Waals surface area contributed by atoms with E-state index in [1.165, 1.54) is 6.92 Å². The molecule has 1 N–H and O–H groups in total. The van der Waals surface area contributed by atoms with E-state index in [9.17, 15) is 14.4 Å². The third-order valence-electron chi connectivity index (χ3n) is 2.91. The van der Waals surface area contributed by atoms with Crippen LogP contribution < -0.4 is 5.32 Å². The van der Waals surface area contributed by atoms with Crippen molar-refractivity contribution in [2.45, 2.75) is 79.0 Å². The highest BCUT2D eigenvalue weighted by atomic mass is 16.6. The van der Waals surface area contributed by atoms with Gasteiger partial charge in [0.15, 0.2) is 0 Å². The molecule has 0 aromatic carbocycles. The second-order valence-electron chi connectivity index (χ2n) is 6.09. The lowest BCUT2D eigenvalue weighted by atomic mass is 10.2. The van der Waals surface area contributed by atoms with E-state index in [0.717, 1.165) is 11.3 Å². The summed E-state index contributed by atoms with van der Waals surface area (Å²) in [6, 6.07) is -1.59. The summed E-state index contributed by atoms with van der Waals surface area (Å²) in [5.41, 5.74) is -0.667. The van der Waals surface area contributed by atoms with Crippen LogP contribution in [0.15, 0.2) is 0 Å². The van der Waals surface area contributed by atoms with Crippen molar-refractivity contribution < 1.29 is 19.1 Å². The summed E-state index contributed by atoms with van der Waals surface area (Å²) in [7, 11) is 0. The van der Waals surface area contributed by atoms with Gasteiger partial charge in [0.05, 0.1) is 0 Å². The van der Waals surface area contributed by atoms with E-state index in [4.69, 9.17) is 4.74 Å². The summed E-state index contributed by atoms with van der Waals surface area (Å²) >= 11 is 0. The van der Waals surface area contributed by atoms with E-state index in [2.05, 4.69) is 5.32 Å². The third-order valence-corrected chi connectivity index (χ3v) is 2.91. The van der Waals surface area contributed by atoms with Gasteiger partial charge in [-0.25, -0.2) is 9.59 Å². The highest BCUT2D eigenvalue weighted by Gasteiger charge is 2.33. The number of rotatable bonds is 5. The average Bonchev–Trinajstić information content (AvgIpc) is 2.36.